The highest BCUT2D eigenvalue weighted by Gasteiger charge is 2.17. The van der Waals surface area contributed by atoms with E-state index in [1.54, 1.807) is 12.1 Å². The number of ether oxygens (including phenoxy) is 2. The first-order chi connectivity index (χ1) is 7.16. The molecule has 1 aromatic rings. The Morgan fingerprint density at radius 3 is 2.80 bits per heavy atom. The molecule has 15 heavy (non-hydrogen) atoms. The van der Waals surface area contributed by atoms with Crippen LogP contribution < -0.4 is 4.74 Å². The van der Waals surface area contributed by atoms with Crippen LogP contribution in [-0.4, -0.2) is 25.2 Å². The summed E-state index contributed by atoms with van der Waals surface area (Å²) in [7, 11) is 1.54. The lowest BCUT2D eigenvalue weighted by Crippen LogP contribution is -2.06. The summed E-state index contributed by atoms with van der Waals surface area (Å²) in [6, 6.07) is 4.67. The van der Waals surface area contributed by atoms with Gasteiger partial charge in [0.25, 0.3) is 0 Å². The second-order valence-electron chi connectivity index (χ2n) is 2.69. The highest BCUT2D eigenvalue weighted by Crippen LogP contribution is 2.34. The second-order valence-corrected chi connectivity index (χ2v) is 3.54. The molecule has 0 saturated carbocycles. The van der Waals surface area contributed by atoms with Crippen LogP contribution in [0.1, 0.15) is 0 Å². The third-order valence-corrected chi connectivity index (χ3v) is 2.30. The Morgan fingerprint density at radius 2 is 2.20 bits per heavy atom. The molecule has 0 N–H and O–H groups in total. The summed E-state index contributed by atoms with van der Waals surface area (Å²) in [5.41, 5.74) is -0.0551. The van der Waals surface area contributed by atoms with Gasteiger partial charge in [-0.05, 0) is 22.0 Å². The van der Waals surface area contributed by atoms with Gasteiger partial charge in [0.05, 0.1) is 16.0 Å². The molecule has 5 nitrogen and oxygen atoms in total. The maximum absolute atomic E-state index is 10.7. The molecule has 0 saturated heterocycles. The van der Waals surface area contributed by atoms with Crippen molar-refractivity contribution in [3.05, 3.63) is 32.8 Å². The number of halogens is 1. The fraction of sp³-hybridized carbons (Fsp3) is 0.333. The zero-order chi connectivity index (χ0) is 11.3. The van der Waals surface area contributed by atoms with Gasteiger partial charge >= 0.3 is 5.69 Å². The van der Waals surface area contributed by atoms with Crippen LogP contribution in [0.3, 0.4) is 0 Å². The molecule has 1 rings (SSSR count). The molecule has 0 amide bonds. The van der Waals surface area contributed by atoms with Gasteiger partial charge in [0.1, 0.15) is 6.61 Å². The van der Waals surface area contributed by atoms with Gasteiger partial charge in [-0.2, -0.15) is 0 Å². The number of rotatable bonds is 5. The van der Waals surface area contributed by atoms with Crippen LogP contribution in [0.25, 0.3) is 0 Å². The van der Waals surface area contributed by atoms with Crippen molar-refractivity contribution in [3.8, 4) is 5.75 Å². The lowest BCUT2D eigenvalue weighted by Gasteiger charge is -2.07. The zero-order valence-corrected chi connectivity index (χ0v) is 9.69. The van der Waals surface area contributed by atoms with Crippen molar-refractivity contribution < 1.29 is 14.4 Å². The molecule has 0 aliphatic rings. The molecule has 0 radical (unpaired) electrons. The Hall–Kier alpha value is -1.14. The van der Waals surface area contributed by atoms with E-state index in [-0.39, 0.29) is 18.0 Å². The summed E-state index contributed by atoms with van der Waals surface area (Å²) in [5.74, 6) is 0.236. The van der Waals surface area contributed by atoms with Crippen molar-refractivity contribution in [2.75, 3.05) is 20.3 Å². The maximum Gasteiger partial charge on any atom is 0.312 e. The molecule has 6 heteroatoms. The average Bonchev–Trinajstić information content (AvgIpc) is 2.20. The van der Waals surface area contributed by atoms with E-state index < -0.39 is 4.92 Å². The normalized spacial score (nSPS) is 10.0. The number of nitrogens with zero attached hydrogens (tertiary/aromatic N) is 1. The molecule has 0 spiro atoms. The Kier molecular flexibility index (Phi) is 4.51. The quantitative estimate of drug-likeness (QED) is 0.470. The molecule has 82 valence electrons. The first kappa shape index (κ1) is 11.9. The van der Waals surface area contributed by atoms with Crippen LogP contribution in [0, 0.1) is 10.1 Å². The van der Waals surface area contributed by atoms with Crippen molar-refractivity contribution in [1.29, 1.82) is 0 Å². The van der Waals surface area contributed by atoms with Crippen LogP contribution >= 0.6 is 15.9 Å². The molecule has 0 fully saturated rings. The zero-order valence-electron chi connectivity index (χ0n) is 8.10. The molecule has 0 heterocycles. The van der Waals surface area contributed by atoms with Crippen LogP contribution in [0.15, 0.2) is 22.7 Å². The molecule has 0 aromatic heterocycles. The van der Waals surface area contributed by atoms with Crippen LogP contribution in [0.5, 0.6) is 5.75 Å². The Labute approximate surface area is 95.3 Å². The molecule has 0 aliphatic carbocycles. The van der Waals surface area contributed by atoms with E-state index in [0.29, 0.717) is 11.1 Å². The Morgan fingerprint density at radius 1 is 1.47 bits per heavy atom. The Balaban J connectivity index is 2.87. The van der Waals surface area contributed by atoms with E-state index in [0.717, 1.165) is 0 Å². The van der Waals surface area contributed by atoms with Gasteiger partial charge in [-0.25, -0.2) is 0 Å². The van der Waals surface area contributed by atoms with Crippen LogP contribution in [0.2, 0.25) is 0 Å². The van der Waals surface area contributed by atoms with Crippen molar-refractivity contribution >= 4 is 21.6 Å². The monoisotopic (exact) mass is 275 g/mol. The van der Waals surface area contributed by atoms with Crippen molar-refractivity contribution in [3.63, 3.8) is 0 Å². The number of hydrogen-bond acceptors (Lipinski definition) is 4. The summed E-state index contributed by atoms with van der Waals surface area (Å²) in [5, 5.41) is 10.7. The molecule has 0 atom stereocenters. The van der Waals surface area contributed by atoms with Crippen molar-refractivity contribution in [2.45, 2.75) is 0 Å². The van der Waals surface area contributed by atoms with E-state index in [1.807, 2.05) is 0 Å². The summed E-state index contributed by atoms with van der Waals surface area (Å²) in [6.45, 7) is 0.665. The fourth-order valence-electron chi connectivity index (χ4n) is 1.01. The van der Waals surface area contributed by atoms with Gasteiger partial charge in [-0.15, -0.1) is 0 Å². The minimum absolute atomic E-state index is 0.0551. The van der Waals surface area contributed by atoms with Gasteiger partial charge in [0.2, 0.25) is 5.75 Å². The van der Waals surface area contributed by atoms with Crippen LogP contribution in [0.4, 0.5) is 5.69 Å². The van der Waals surface area contributed by atoms with Gasteiger partial charge in [-0.1, -0.05) is 6.07 Å². The number of hydrogen-bond donors (Lipinski definition) is 0. The highest BCUT2D eigenvalue weighted by atomic mass is 79.9. The van der Waals surface area contributed by atoms with Gasteiger partial charge < -0.3 is 9.47 Å². The predicted octanol–water partition coefficient (Wildman–Crippen LogP) is 2.38. The summed E-state index contributed by atoms with van der Waals surface area (Å²) in [6.07, 6.45) is 0. The molecular formula is C9H10BrNO4. The smallest absolute Gasteiger partial charge is 0.312 e. The van der Waals surface area contributed by atoms with Crippen LogP contribution in [-0.2, 0) is 4.74 Å². The third kappa shape index (κ3) is 3.17. The maximum atomic E-state index is 10.7. The summed E-state index contributed by atoms with van der Waals surface area (Å²) >= 11 is 3.20. The topological polar surface area (TPSA) is 61.6 Å². The first-order valence-corrected chi connectivity index (χ1v) is 5.00. The second kappa shape index (κ2) is 5.67. The molecular weight excluding hydrogens is 266 g/mol. The lowest BCUT2D eigenvalue weighted by molar-refractivity contribution is -0.386. The highest BCUT2D eigenvalue weighted by molar-refractivity contribution is 9.10. The minimum Gasteiger partial charge on any atom is -0.484 e. The fourth-order valence-corrected chi connectivity index (χ4v) is 1.48. The number of nitro groups is 1. The van der Waals surface area contributed by atoms with E-state index in [4.69, 9.17) is 9.47 Å². The largest absolute Gasteiger partial charge is 0.484 e. The van der Waals surface area contributed by atoms with E-state index >= 15 is 0 Å². The summed E-state index contributed by atoms with van der Waals surface area (Å²) < 4.78 is 10.6. The van der Waals surface area contributed by atoms with Crippen molar-refractivity contribution in [1.82, 2.24) is 0 Å². The average molecular weight is 276 g/mol. The molecule has 1 aromatic carbocycles. The van der Waals surface area contributed by atoms with Gasteiger partial charge in [-0.3, -0.25) is 10.1 Å². The van der Waals surface area contributed by atoms with E-state index in [9.17, 15) is 10.1 Å². The predicted molar refractivity (Wildman–Crippen MR) is 58.2 cm³/mol. The summed E-state index contributed by atoms with van der Waals surface area (Å²) in [4.78, 5) is 10.2. The Bertz CT molecular complexity index is 356. The van der Waals surface area contributed by atoms with E-state index in [1.165, 1.54) is 13.2 Å². The van der Waals surface area contributed by atoms with E-state index in [2.05, 4.69) is 15.9 Å². The molecule has 0 aliphatic heterocycles. The third-order valence-electron chi connectivity index (χ3n) is 1.68. The minimum atomic E-state index is -0.479. The number of methoxy groups -OCH3 is 1. The first-order valence-electron chi connectivity index (χ1n) is 4.21. The van der Waals surface area contributed by atoms with Gasteiger partial charge in [0, 0.05) is 13.2 Å². The lowest BCUT2D eigenvalue weighted by atomic mass is 10.3. The van der Waals surface area contributed by atoms with Crippen molar-refractivity contribution in [2.24, 2.45) is 0 Å². The van der Waals surface area contributed by atoms with Gasteiger partial charge in [0.15, 0.2) is 0 Å². The molecule has 0 unspecified atom stereocenters. The number of benzene rings is 1. The number of nitro benzene ring substituents is 1. The molecule has 0 bridgehead atoms. The SMILES string of the molecule is COCCOc1c(Br)cccc1[N+](=O)[O-]. The number of para-hydroxylation sites is 1. The standard InChI is InChI=1S/C9H10BrNO4/c1-14-5-6-15-9-7(10)3-2-4-8(9)11(12)13/h2-4H,5-6H2,1H3.